The first-order valence-corrected chi connectivity index (χ1v) is 10.5. The van der Waals surface area contributed by atoms with Crippen molar-refractivity contribution in [3.8, 4) is 17.4 Å². The lowest BCUT2D eigenvalue weighted by Crippen LogP contribution is -2.22. The van der Waals surface area contributed by atoms with Crippen LogP contribution in [0.1, 0.15) is 28.7 Å². The molecule has 34 heavy (non-hydrogen) atoms. The third kappa shape index (κ3) is 3.71. The molecule has 0 aliphatic carbocycles. The van der Waals surface area contributed by atoms with Gasteiger partial charge in [0.15, 0.2) is 16.9 Å². The highest BCUT2D eigenvalue weighted by atomic mass is 16.3. The number of aromatic amines is 1. The summed E-state index contributed by atoms with van der Waals surface area (Å²) >= 11 is 0. The van der Waals surface area contributed by atoms with Crippen LogP contribution in [-0.2, 0) is 6.42 Å². The average Bonchev–Trinajstić information content (AvgIpc) is 3.49. The van der Waals surface area contributed by atoms with Gasteiger partial charge in [0.25, 0.3) is 11.5 Å². The summed E-state index contributed by atoms with van der Waals surface area (Å²) in [6.07, 6.45) is 2.02. The molecule has 2 N–H and O–H groups in total. The summed E-state index contributed by atoms with van der Waals surface area (Å²) in [4.78, 5) is 45.1. The molecule has 10 nitrogen and oxygen atoms in total. The van der Waals surface area contributed by atoms with Crippen molar-refractivity contribution in [3.63, 3.8) is 0 Å². The number of hydrogen-bond donors (Lipinski definition) is 2. The Morgan fingerprint density at radius 3 is 2.71 bits per heavy atom. The lowest BCUT2D eigenvalue weighted by molar-refractivity contribution is 0.0996. The van der Waals surface area contributed by atoms with E-state index in [0.717, 1.165) is 6.07 Å². The number of rotatable bonds is 5. The van der Waals surface area contributed by atoms with Gasteiger partial charge in [-0.15, -0.1) is 0 Å². The summed E-state index contributed by atoms with van der Waals surface area (Å²) in [7, 11) is 0. The number of aromatic nitrogens is 4. The Kier molecular flexibility index (Phi) is 5.17. The minimum atomic E-state index is -0.667. The van der Waals surface area contributed by atoms with Crippen LogP contribution in [0.3, 0.4) is 0 Å². The highest BCUT2D eigenvalue weighted by Crippen LogP contribution is 2.25. The van der Waals surface area contributed by atoms with E-state index in [1.165, 1.54) is 10.9 Å². The lowest BCUT2D eigenvalue weighted by Gasteiger charge is -2.10. The van der Waals surface area contributed by atoms with Gasteiger partial charge >= 0.3 is 0 Å². The zero-order valence-corrected chi connectivity index (χ0v) is 18.3. The molecule has 1 amide bonds. The smallest absolute Gasteiger partial charge is 0.292 e. The van der Waals surface area contributed by atoms with Crippen molar-refractivity contribution in [2.45, 2.75) is 20.3 Å². The monoisotopic (exact) mass is 457 g/mol. The quantitative estimate of drug-likeness (QED) is 0.412. The SMILES string of the molecule is CCc1c(C)nc(-n2nc(-c3ccco3)cc2NC(=O)c2cc(=O)c3ccccc3o2)[nH]c1=O. The normalized spacial score (nSPS) is 11.1. The van der Waals surface area contributed by atoms with E-state index in [-0.39, 0.29) is 28.5 Å². The predicted octanol–water partition coefficient (Wildman–Crippen LogP) is 3.45. The number of furan rings is 1. The molecule has 0 aliphatic rings. The number of para-hydroxylation sites is 1. The van der Waals surface area contributed by atoms with Gasteiger partial charge in [-0.25, -0.2) is 4.98 Å². The molecule has 5 rings (SSSR count). The number of hydrogen-bond acceptors (Lipinski definition) is 7. The molecule has 0 bridgehead atoms. The van der Waals surface area contributed by atoms with Crippen LogP contribution in [0.2, 0.25) is 0 Å². The van der Waals surface area contributed by atoms with E-state index in [9.17, 15) is 14.4 Å². The number of carbonyl (C=O) groups is 1. The van der Waals surface area contributed by atoms with Gasteiger partial charge < -0.3 is 14.2 Å². The van der Waals surface area contributed by atoms with Gasteiger partial charge in [0.1, 0.15) is 17.1 Å². The summed E-state index contributed by atoms with van der Waals surface area (Å²) in [5, 5.41) is 7.52. The highest BCUT2D eigenvalue weighted by molar-refractivity contribution is 6.02. The van der Waals surface area contributed by atoms with E-state index >= 15 is 0 Å². The number of H-pyrrole nitrogens is 1. The van der Waals surface area contributed by atoms with Crippen LogP contribution in [0.4, 0.5) is 5.82 Å². The number of carbonyl (C=O) groups excluding carboxylic acids is 1. The van der Waals surface area contributed by atoms with Crippen LogP contribution < -0.4 is 16.3 Å². The Hall–Kier alpha value is -4.73. The molecule has 0 saturated heterocycles. The lowest BCUT2D eigenvalue weighted by atomic mass is 10.2. The molecule has 0 unspecified atom stereocenters. The molecule has 0 spiro atoms. The largest absolute Gasteiger partial charge is 0.463 e. The van der Waals surface area contributed by atoms with Crippen LogP contribution in [0.15, 0.2) is 73.2 Å². The van der Waals surface area contributed by atoms with Crippen molar-refractivity contribution in [2.75, 3.05) is 5.32 Å². The first kappa shape index (κ1) is 21.1. The molecule has 0 saturated carbocycles. The third-order valence-electron chi connectivity index (χ3n) is 5.35. The average molecular weight is 457 g/mol. The van der Waals surface area contributed by atoms with E-state index in [4.69, 9.17) is 8.83 Å². The predicted molar refractivity (Wildman–Crippen MR) is 124 cm³/mol. The summed E-state index contributed by atoms with van der Waals surface area (Å²) in [5.74, 6) is -0.0725. The van der Waals surface area contributed by atoms with E-state index in [2.05, 4.69) is 20.4 Å². The fourth-order valence-corrected chi connectivity index (χ4v) is 3.68. The van der Waals surface area contributed by atoms with Crippen LogP contribution in [0.25, 0.3) is 28.4 Å². The molecule has 0 radical (unpaired) electrons. The van der Waals surface area contributed by atoms with Gasteiger partial charge in [-0.05, 0) is 37.6 Å². The minimum Gasteiger partial charge on any atom is -0.463 e. The number of fused-ring (bicyclic) bond motifs is 1. The third-order valence-corrected chi connectivity index (χ3v) is 5.35. The molecule has 4 aromatic heterocycles. The summed E-state index contributed by atoms with van der Waals surface area (Å²) < 4.78 is 12.4. The van der Waals surface area contributed by atoms with E-state index < -0.39 is 5.91 Å². The van der Waals surface area contributed by atoms with Crippen LogP contribution >= 0.6 is 0 Å². The Morgan fingerprint density at radius 1 is 1.15 bits per heavy atom. The molecular weight excluding hydrogens is 438 g/mol. The van der Waals surface area contributed by atoms with Crippen molar-refractivity contribution in [3.05, 3.63) is 92.4 Å². The van der Waals surface area contributed by atoms with Gasteiger partial charge in [-0.1, -0.05) is 19.1 Å². The summed E-state index contributed by atoms with van der Waals surface area (Å²) in [6.45, 7) is 3.60. The molecule has 10 heteroatoms. The molecular formula is C24H19N5O5. The van der Waals surface area contributed by atoms with E-state index in [1.54, 1.807) is 49.4 Å². The molecule has 5 aromatic rings. The fourth-order valence-electron chi connectivity index (χ4n) is 3.68. The van der Waals surface area contributed by atoms with Gasteiger partial charge in [0.05, 0.1) is 11.6 Å². The molecule has 4 heterocycles. The second-order valence-corrected chi connectivity index (χ2v) is 7.54. The Morgan fingerprint density at radius 2 is 1.97 bits per heavy atom. The van der Waals surface area contributed by atoms with Crippen LogP contribution in [-0.4, -0.2) is 25.7 Å². The molecule has 1 aromatic carbocycles. The molecule has 170 valence electrons. The summed E-state index contributed by atoms with van der Waals surface area (Å²) in [6, 6.07) is 12.8. The topological polar surface area (TPSA) is 136 Å². The second kappa shape index (κ2) is 8.32. The maximum absolute atomic E-state index is 13.0. The number of amides is 1. The van der Waals surface area contributed by atoms with Crippen molar-refractivity contribution < 1.29 is 13.6 Å². The maximum atomic E-state index is 13.0. The number of aryl methyl sites for hydroxylation is 1. The van der Waals surface area contributed by atoms with Crippen molar-refractivity contribution in [1.82, 2.24) is 19.7 Å². The zero-order valence-electron chi connectivity index (χ0n) is 18.3. The highest BCUT2D eigenvalue weighted by Gasteiger charge is 2.20. The van der Waals surface area contributed by atoms with Gasteiger partial charge in [-0.2, -0.15) is 9.78 Å². The van der Waals surface area contributed by atoms with Crippen LogP contribution in [0.5, 0.6) is 0 Å². The fraction of sp³-hybridized carbons (Fsp3) is 0.125. The minimum absolute atomic E-state index is 0.118. The zero-order chi connectivity index (χ0) is 23.8. The number of nitrogens with zero attached hydrogens (tertiary/aromatic N) is 3. The number of nitrogens with one attached hydrogen (secondary N) is 2. The maximum Gasteiger partial charge on any atom is 0.292 e. The Balaban J connectivity index is 1.59. The standard InChI is InChI=1S/C24H19N5O5/c1-3-14-13(2)25-24(27-22(14)31)29-21(11-16(28-29)19-9-6-10-33-19)26-23(32)20-12-17(30)15-7-4-5-8-18(15)34-20/h4-12H,3H2,1-2H3,(H,26,32)(H,25,27,31). The summed E-state index contributed by atoms with van der Waals surface area (Å²) in [5.41, 5.74) is 1.17. The Labute approximate surface area is 191 Å². The van der Waals surface area contributed by atoms with Crippen molar-refractivity contribution in [2.24, 2.45) is 0 Å². The van der Waals surface area contributed by atoms with Gasteiger partial charge in [-0.3, -0.25) is 19.4 Å². The van der Waals surface area contributed by atoms with E-state index in [1.807, 2.05) is 6.92 Å². The van der Waals surface area contributed by atoms with E-state index in [0.29, 0.717) is 40.1 Å². The van der Waals surface area contributed by atoms with Gasteiger partial charge in [0, 0.05) is 23.4 Å². The van der Waals surface area contributed by atoms with Crippen LogP contribution in [0, 0.1) is 6.92 Å². The molecule has 0 atom stereocenters. The first-order chi connectivity index (χ1) is 16.4. The first-order valence-electron chi connectivity index (χ1n) is 10.5. The van der Waals surface area contributed by atoms with Crippen molar-refractivity contribution in [1.29, 1.82) is 0 Å². The van der Waals surface area contributed by atoms with Gasteiger partial charge in [0.2, 0.25) is 5.95 Å². The van der Waals surface area contributed by atoms with Crippen molar-refractivity contribution >= 4 is 22.7 Å². The second-order valence-electron chi connectivity index (χ2n) is 7.54. The number of benzene rings is 1. The Bertz CT molecular complexity index is 1640. The molecule has 0 fully saturated rings. The number of anilines is 1. The molecule has 0 aliphatic heterocycles.